The van der Waals surface area contributed by atoms with Gasteiger partial charge < -0.3 is 25.0 Å². The molecule has 3 saturated heterocycles. The van der Waals surface area contributed by atoms with E-state index >= 15 is 0 Å². The highest BCUT2D eigenvalue weighted by Crippen LogP contribution is 2.34. The van der Waals surface area contributed by atoms with Gasteiger partial charge in [0.15, 0.2) is 6.29 Å². The highest BCUT2D eigenvalue weighted by Gasteiger charge is 2.38. The van der Waals surface area contributed by atoms with Gasteiger partial charge in [0.25, 0.3) is 0 Å². The highest BCUT2D eigenvalue weighted by molar-refractivity contribution is 5.85. The Kier molecular flexibility index (Phi) is 8.34. The number of rotatable bonds is 4. The smallest absolute Gasteiger partial charge is 0.380 e. The second-order valence-electron chi connectivity index (χ2n) is 9.85. The minimum Gasteiger partial charge on any atom is -0.380 e. The molecule has 3 aliphatic heterocycles. The number of aliphatic hydroxyl groups is 1. The van der Waals surface area contributed by atoms with Gasteiger partial charge in [-0.2, -0.15) is 13.2 Å². The molecule has 0 spiro atoms. The molecular formula is C27H34F3N3O3. The van der Waals surface area contributed by atoms with E-state index in [0.29, 0.717) is 24.7 Å². The van der Waals surface area contributed by atoms with Crippen LogP contribution >= 0.6 is 0 Å². The van der Waals surface area contributed by atoms with Crippen LogP contribution < -0.4 is 10.2 Å². The van der Waals surface area contributed by atoms with Gasteiger partial charge in [-0.3, -0.25) is 4.79 Å². The second kappa shape index (κ2) is 11.3. The van der Waals surface area contributed by atoms with Crippen molar-refractivity contribution < 1.29 is 27.8 Å². The summed E-state index contributed by atoms with van der Waals surface area (Å²) in [4.78, 5) is 15.6. The number of aldehydes is 1. The number of nitrogens with one attached hydrogen (secondary N) is 1. The molecule has 0 aliphatic carbocycles. The number of piperidine rings is 1. The highest BCUT2D eigenvalue weighted by atomic mass is 19.4. The minimum absolute atomic E-state index is 0.328. The Labute approximate surface area is 210 Å². The molecule has 196 valence electrons. The van der Waals surface area contributed by atoms with Crippen LogP contribution in [0.3, 0.4) is 0 Å². The summed E-state index contributed by atoms with van der Waals surface area (Å²) in [5.74, 6) is 0.411. The Morgan fingerprint density at radius 3 is 2.19 bits per heavy atom. The molecule has 5 rings (SSSR count). The number of benzene rings is 2. The zero-order valence-corrected chi connectivity index (χ0v) is 20.6. The van der Waals surface area contributed by atoms with Crippen molar-refractivity contribution in [2.45, 2.75) is 30.5 Å². The van der Waals surface area contributed by atoms with Crippen molar-refractivity contribution in [2.75, 3.05) is 64.4 Å². The molecular weight excluding hydrogens is 471 g/mol. The predicted molar refractivity (Wildman–Crippen MR) is 133 cm³/mol. The van der Waals surface area contributed by atoms with E-state index in [1.165, 1.54) is 12.1 Å². The monoisotopic (exact) mass is 505 g/mol. The zero-order chi connectivity index (χ0) is 25.8. The van der Waals surface area contributed by atoms with E-state index in [-0.39, 0.29) is 0 Å². The van der Waals surface area contributed by atoms with Crippen molar-refractivity contribution in [3.05, 3.63) is 64.7 Å². The summed E-state index contributed by atoms with van der Waals surface area (Å²) in [6.07, 6.45) is -1.29. The normalized spacial score (nSPS) is 20.8. The zero-order valence-electron chi connectivity index (χ0n) is 20.6. The summed E-state index contributed by atoms with van der Waals surface area (Å²) in [7, 11) is 2.07. The molecule has 3 fully saturated rings. The molecule has 0 atom stereocenters. The van der Waals surface area contributed by atoms with Crippen LogP contribution in [0.1, 0.15) is 45.8 Å². The van der Waals surface area contributed by atoms with Gasteiger partial charge in [0.1, 0.15) is 5.60 Å². The first kappa shape index (κ1) is 26.6. The number of hydrogen-bond acceptors (Lipinski definition) is 6. The van der Waals surface area contributed by atoms with E-state index in [2.05, 4.69) is 22.2 Å². The molecule has 0 amide bonds. The van der Waals surface area contributed by atoms with Gasteiger partial charge in [0.2, 0.25) is 0 Å². The topological polar surface area (TPSA) is 65.0 Å². The molecule has 2 aromatic rings. The molecule has 3 aliphatic rings. The van der Waals surface area contributed by atoms with Gasteiger partial charge in [0, 0.05) is 37.4 Å². The third-order valence-corrected chi connectivity index (χ3v) is 7.26. The summed E-state index contributed by atoms with van der Waals surface area (Å²) in [5, 5.41) is 13.6. The third kappa shape index (κ3) is 6.26. The molecule has 3 heterocycles. The fourth-order valence-electron chi connectivity index (χ4n) is 4.86. The number of nitrogens with zero attached hydrogens (tertiary/aromatic N) is 2. The predicted octanol–water partition coefficient (Wildman–Crippen LogP) is 3.64. The van der Waals surface area contributed by atoms with E-state index in [0.717, 1.165) is 75.2 Å². The fraction of sp³-hybridized carbons (Fsp3) is 0.519. The number of carbonyl (C=O) groups excluding carboxylic acids is 1. The summed E-state index contributed by atoms with van der Waals surface area (Å²) in [6, 6.07) is 11.2. The van der Waals surface area contributed by atoms with Crippen LogP contribution in [0.15, 0.2) is 42.5 Å². The maximum Gasteiger partial charge on any atom is 0.416 e. The molecule has 0 unspecified atom stereocenters. The Morgan fingerprint density at radius 2 is 1.67 bits per heavy atom. The van der Waals surface area contributed by atoms with Crippen LogP contribution in [0.4, 0.5) is 18.9 Å². The summed E-state index contributed by atoms with van der Waals surface area (Å²) in [6.45, 7) is 6.27. The lowest BCUT2D eigenvalue weighted by atomic mass is 9.89. The summed E-state index contributed by atoms with van der Waals surface area (Å²) in [5.41, 5.74) is 2.01. The summed E-state index contributed by atoms with van der Waals surface area (Å²) >= 11 is 0. The van der Waals surface area contributed by atoms with Crippen LogP contribution in [-0.4, -0.2) is 75.8 Å². The van der Waals surface area contributed by atoms with Gasteiger partial charge in [-0.25, -0.2) is 0 Å². The number of alkyl halides is 3. The lowest BCUT2D eigenvalue weighted by Gasteiger charge is -2.38. The van der Waals surface area contributed by atoms with Gasteiger partial charge in [-0.05, 0) is 74.3 Å². The molecule has 0 radical (unpaired) electrons. The first-order chi connectivity index (χ1) is 17.2. The average Bonchev–Trinajstić information content (AvgIpc) is 2.88. The maximum atomic E-state index is 12.4. The van der Waals surface area contributed by atoms with Crippen molar-refractivity contribution in [1.29, 1.82) is 0 Å². The molecule has 9 heteroatoms. The van der Waals surface area contributed by atoms with Crippen molar-refractivity contribution in [3.63, 3.8) is 0 Å². The van der Waals surface area contributed by atoms with Crippen LogP contribution in [0.25, 0.3) is 0 Å². The van der Waals surface area contributed by atoms with Crippen molar-refractivity contribution in [2.24, 2.45) is 0 Å². The molecule has 2 N–H and O–H groups in total. The number of ether oxygens (including phenoxy) is 1. The lowest BCUT2D eigenvalue weighted by Crippen LogP contribution is -2.47. The van der Waals surface area contributed by atoms with Crippen LogP contribution in [-0.2, 0) is 16.5 Å². The van der Waals surface area contributed by atoms with Gasteiger partial charge in [-0.15, -0.1) is 0 Å². The van der Waals surface area contributed by atoms with E-state index in [1.54, 1.807) is 18.2 Å². The van der Waals surface area contributed by atoms with Crippen LogP contribution in [0.5, 0.6) is 0 Å². The second-order valence-corrected chi connectivity index (χ2v) is 9.85. The lowest BCUT2D eigenvalue weighted by molar-refractivity contribution is -0.184. The minimum atomic E-state index is -4.23. The first-order valence-electron chi connectivity index (χ1n) is 12.4. The van der Waals surface area contributed by atoms with Crippen LogP contribution in [0, 0.1) is 0 Å². The van der Waals surface area contributed by atoms with Crippen molar-refractivity contribution >= 4 is 12.0 Å². The largest absolute Gasteiger partial charge is 0.416 e. The van der Waals surface area contributed by atoms with E-state index in [9.17, 15) is 23.1 Å². The van der Waals surface area contributed by atoms with Crippen molar-refractivity contribution in [1.82, 2.24) is 10.2 Å². The maximum absolute atomic E-state index is 12.4. The van der Waals surface area contributed by atoms with Gasteiger partial charge in [-0.1, -0.05) is 18.2 Å². The third-order valence-electron chi connectivity index (χ3n) is 7.26. The summed E-state index contributed by atoms with van der Waals surface area (Å²) < 4.78 is 42.3. The van der Waals surface area contributed by atoms with E-state index in [4.69, 9.17) is 4.74 Å². The Balaban J connectivity index is 0.000000170. The van der Waals surface area contributed by atoms with Crippen molar-refractivity contribution in [3.8, 4) is 0 Å². The standard InChI is InChI=1S/C14H18N2O3.C13H16F3N/c17-8-11-1-2-12(14(18)9-19-10-14)7-13(11)16-5-3-15-4-6-16;1-17-8-6-11(7-9-17)10-2-4-12(5-3-10)13(14,15)16/h1-2,7-8,15,18H,3-6,9-10H2;2-5,11H,6-9H2,1H3. The molecule has 0 bridgehead atoms. The Bertz CT molecular complexity index is 1010. The molecule has 0 saturated carbocycles. The number of anilines is 1. The number of piperazine rings is 1. The molecule has 6 nitrogen and oxygen atoms in total. The Morgan fingerprint density at radius 1 is 1.03 bits per heavy atom. The van der Waals surface area contributed by atoms with E-state index in [1.807, 2.05) is 12.1 Å². The van der Waals surface area contributed by atoms with Crippen LogP contribution in [0.2, 0.25) is 0 Å². The number of carbonyl (C=O) groups is 1. The van der Waals surface area contributed by atoms with Gasteiger partial charge >= 0.3 is 6.18 Å². The number of likely N-dealkylation sites (tertiary alicyclic amines) is 1. The Hall–Kier alpha value is -2.46. The fourth-order valence-corrected chi connectivity index (χ4v) is 4.86. The molecule has 2 aromatic carbocycles. The first-order valence-corrected chi connectivity index (χ1v) is 12.4. The van der Waals surface area contributed by atoms with E-state index < -0.39 is 17.3 Å². The SMILES string of the molecule is CN1CCC(c2ccc(C(F)(F)F)cc2)CC1.O=Cc1ccc(C2(O)COC2)cc1N1CCNCC1. The number of hydrogen-bond donors (Lipinski definition) is 2. The molecule has 0 aromatic heterocycles. The quantitative estimate of drug-likeness (QED) is 0.619. The van der Waals surface area contributed by atoms with Gasteiger partial charge in [0.05, 0.1) is 18.8 Å². The average molecular weight is 506 g/mol. The molecule has 36 heavy (non-hydrogen) atoms. The number of halogens is 3.